The van der Waals surface area contributed by atoms with E-state index < -0.39 is 47.8 Å². The normalized spacial score (nSPS) is 23.8. The van der Waals surface area contributed by atoms with Crippen LogP contribution in [0.15, 0.2) is 48.5 Å². The van der Waals surface area contributed by atoms with Gasteiger partial charge in [-0.15, -0.1) is 0 Å². The highest BCUT2D eigenvalue weighted by molar-refractivity contribution is 5.86. The molecule has 5 aliphatic rings. The van der Waals surface area contributed by atoms with Crippen LogP contribution in [0.1, 0.15) is 60.8 Å². The van der Waals surface area contributed by atoms with E-state index >= 15 is 0 Å². The zero-order chi connectivity index (χ0) is 36.6. The number of hydrogen-bond donors (Lipinski definition) is 1. The Bertz CT molecular complexity index is 1850. The van der Waals surface area contributed by atoms with Crippen molar-refractivity contribution in [1.29, 1.82) is 0 Å². The van der Waals surface area contributed by atoms with E-state index in [1.807, 2.05) is 6.07 Å². The summed E-state index contributed by atoms with van der Waals surface area (Å²) in [5.41, 5.74) is 2.28. The molecule has 1 N–H and O–H groups in total. The van der Waals surface area contributed by atoms with Gasteiger partial charge in [-0.05, 0) is 98.4 Å². The van der Waals surface area contributed by atoms with Gasteiger partial charge in [0.2, 0.25) is 12.5 Å². The first kappa shape index (κ1) is 34.8. The van der Waals surface area contributed by atoms with Crippen molar-refractivity contribution in [1.82, 2.24) is 9.80 Å². The summed E-state index contributed by atoms with van der Waals surface area (Å²) in [6.45, 7) is 3.49. The molecule has 13 nitrogen and oxygen atoms in total. The number of fused-ring (bicyclic) bond motifs is 3. The van der Waals surface area contributed by atoms with Crippen molar-refractivity contribution in [2.45, 2.75) is 50.2 Å². The lowest BCUT2D eigenvalue weighted by Crippen LogP contribution is -2.48. The molecule has 14 heteroatoms. The van der Waals surface area contributed by atoms with Gasteiger partial charge >= 0.3 is 18.2 Å². The Balaban J connectivity index is 1.09. The van der Waals surface area contributed by atoms with E-state index in [1.54, 1.807) is 23.1 Å². The molecular formula is C39H42FN3O10. The number of benzene rings is 3. The Labute approximate surface area is 306 Å². The smallest absolute Gasteiger partial charge is 0.415 e. The van der Waals surface area contributed by atoms with Gasteiger partial charge in [0, 0.05) is 42.2 Å². The highest BCUT2D eigenvalue weighted by atomic mass is 19.1. The van der Waals surface area contributed by atoms with E-state index in [2.05, 4.69) is 10.2 Å². The van der Waals surface area contributed by atoms with Gasteiger partial charge in [0.25, 0.3) is 0 Å². The van der Waals surface area contributed by atoms with Crippen LogP contribution in [-0.2, 0) is 14.3 Å². The van der Waals surface area contributed by atoms with Crippen LogP contribution in [0.5, 0.6) is 28.7 Å². The summed E-state index contributed by atoms with van der Waals surface area (Å²) in [4.78, 5) is 44.5. The SMILES string of the molecule is COc1cc([C@@H]2c3cc4c(cc3[C@H](OC(=O)Nc3ccc(F)cc3)[C@@H]3C(=O)OC[C@@H]23)OCO4)cc(OC)c1OC(=O)N1CCC(N2CCCCC2)CC1. The maximum atomic E-state index is 13.5. The lowest BCUT2D eigenvalue weighted by molar-refractivity contribution is -0.144. The first-order valence-corrected chi connectivity index (χ1v) is 18.1. The molecule has 4 atom stereocenters. The molecule has 4 aliphatic heterocycles. The highest BCUT2D eigenvalue weighted by Crippen LogP contribution is 2.56. The molecule has 280 valence electrons. The quantitative estimate of drug-likeness (QED) is 0.277. The third-order valence-electron chi connectivity index (χ3n) is 11.1. The van der Waals surface area contributed by atoms with Crippen molar-refractivity contribution in [3.8, 4) is 28.7 Å². The fourth-order valence-electron chi connectivity index (χ4n) is 8.51. The molecule has 0 spiro atoms. The van der Waals surface area contributed by atoms with E-state index in [0.29, 0.717) is 47.4 Å². The average molecular weight is 732 g/mol. The van der Waals surface area contributed by atoms with Crippen LogP contribution in [0.4, 0.5) is 19.7 Å². The van der Waals surface area contributed by atoms with Crippen molar-refractivity contribution >= 4 is 23.8 Å². The monoisotopic (exact) mass is 731 g/mol. The van der Waals surface area contributed by atoms with E-state index in [1.165, 1.54) is 57.7 Å². The van der Waals surface area contributed by atoms with Gasteiger partial charge in [0.15, 0.2) is 23.0 Å². The van der Waals surface area contributed by atoms with Crippen molar-refractivity contribution in [2.24, 2.45) is 11.8 Å². The molecule has 0 unspecified atom stereocenters. The Hall–Kier alpha value is -5.24. The molecule has 0 aromatic heterocycles. The predicted molar refractivity (Wildman–Crippen MR) is 187 cm³/mol. The molecule has 4 heterocycles. The van der Waals surface area contributed by atoms with Crippen molar-refractivity contribution in [2.75, 3.05) is 59.1 Å². The van der Waals surface area contributed by atoms with Crippen LogP contribution in [0, 0.1) is 17.7 Å². The second-order valence-corrected chi connectivity index (χ2v) is 14.0. The topological polar surface area (TPSA) is 134 Å². The summed E-state index contributed by atoms with van der Waals surface area (Å²) in [5.74, 6) is -1.18. The summed E-state index contributed by atoms with van der Waals surface area (Å²) in [7, 11) is 2.98. The summed E-state index contributed by atoms with van der Waals surface area (Å²) in [5, 5.41) is 2.61. The predicted octanol–water partition coefficient (Wildman–Crippen LogP) is 6.25. The number of nitrogens with zero attached hydrogens (tertiary/aromatic N) is 2. The Morgan fingerprint density at radius 1 is 0.849 bits per heavy atom. The minimum Gasteiger partial charge on any atom is -0.493 e. The van der Waals surface area contributed by atoms with Crippen LogP contribution < -0.4 is 29.0 Å². The third kappa shape index (κ3) is 6.76. The number of piperidine rings is 2. The lowest BCUT2D eigenvalue weighted by Gasteiger charge is -2.40. The summed E-state index contributed by atoms with van der Waals surface area (Å²) in [6, 6.07) is 12.8. The number of carbonyl (C=O) groups is 3. The van der Waals surface area contributed by atoms with Gasteiger partial charge in [-0.25, -0.2) is 14.0 Å². The summed E-state index contributed by atoms with van der Waals surface area (Å²) in [6.07, 6.45) is 3.17. The second kappa shape index (κ2) is 14.6. The zero-order valence-corrected chi connectivity index (χ0v) is 29.6. The highest BCUT2D eigenvalue weighted by Gasteiger charge is 2.54. The Morgan fingerprint density at radius 2 is 1.51 bits per heavy atom. The number of carbonyl (C=O) groups excluding carboxylic acids is 3. The molecule has 1 aliphatic carbocycles. The zero-order valence-electron chi connectivity index (χ0n) is 29.6. The van der Waals surface area contributed by atoms with Gasteiger partial charge in [-0.1, -0.05) is 6.42 Å². The number of halogens is 1. The number of nitrogens with one attached hydrogen (secondary N) is 1. The number of hydrogen-bond acceptors (Lipinski definition) is 11. The number of rotatable bonds is 7. The van der Waals surface area contributed by atoms with Gasteiger partial charge in [0.1, 0.15) is 17.8 Å². The Morgan fingerprint density at radius 3 is 2.17 bits per heavy atom. The molecule has 3 aromatic carbocycles. The number of likely N-dealkylation sites (tertiary alicyclic amines) is 2. The molecule has 8 rings (SSSR count). The van der Waals surface area contributed by atoms with E-state index in [4.69, 9.17) is 33.2 Å². The first-order chi connectivity index (χ1) is 25.8. The minimum atomic E-state index is -1.04. The molecule has 0 radical (unpaired) electrons. The number of methoxy groups -OCH3 is 2. The van der Waals surface area contributed by atoms with Crippen LogP contribution >= 0.6 is 0 Å². The van der Waals surface area contributed by atoms with Gasteiger partial charge < -0.3 is 43.0 Å². The maximum Gasteiger partial charge on any atom is 0.415 e. The van der Waals surface area contributed by atoms with Gasteiger partial charge in [-0.3, -0.25) is 10.1 Å². The molecule has 2 amide bonds. The maximum absolute atomic E-state index is 13.5. The number of anilines is 1. The molecule has 0 bridgehead atoms. The van der Waals surface area contributed by atoms with Gasteiger partial charge in [-0.2, -0.15) is 0 Å². The first-order valence-electron chi connectivity index (χ1n) is 18.1. The van der Waals surface area contributed by atoms with E-state index in [9.17, 15) is 18.8 Å². The fraction of sp³-hybridized carbons (Fsp3) is 0.462. The number of ether oxygens (including phenoxy) is 7. The fourth-order valence-corrected chi connectivity index (χ4v) is 8.51. The minimum absolute atomic E-state index is 0.00596. The Kier molecular flexibility index (Phi) is 9.62. The van der Waals surface area contributed by atoms with Gasteiger partial charge in [0.05, 0.1) is 20.8 Å². The van der Waals surface area contributed by atoms with E-state index in [0.717, 1.165) is 31.5 Å². The molecule has 3 saturated heterocycles. The number of amides is 2. The van der Waals surface area contributed by atoms with Crippen molar-refractivity contribution in [3.63, 3.8) is 0 Å². The molecule has 3 aromatic rings. The van der Waals surface area contributed by atoms with Crippen molar-refractivity contribution < 1.29 is 51.9 Å². The molecule has 0 saturated carbocycles. The van der Waals surface area contributed by atoms with Crippen LogP contribution in [0.25, 0.3) is 0 Å². The number of esters is 1. The van der Waals surface area contributed by atoms with Crippen LogP contribution in [-0.4, -0.2) is 87.8 Å². The summed E-state index contributed by atoms with van der Waals surface area (Å²) < 4.78 is 54.2. The summed E-state index contributed by atoms with van der Waals surface area (Å²) >= 11 is 0. The van der Waals surface area contributed by atoms with Crippen LogP contribution in [0.2, 0.25) is 0 Å². The standard InChI is InChI=1S/C39H42FN3O10/c1-47-31-16-22(17-32(48-2)36(31)53-39(46)43-14-10-25(11-15-43)42-12-4-3-5-13-42)33-26-18-29-30(51-21-50-29)19-27(26)35(34-28(33)20-49-37(34)44)52-38(45)41-24-8-6-23(40)7-9-24/h6-9,16-19,25,28,33-35H,3-5,10-15,20-21H2,1-2H3,(H,41,45)/t28-,33+,34+,35-/m0/s1. The molecule has 53 heavy (non-hydrogen) atoms. The molecule has 3 fully saturated rings. The molecular weight excluding hydrogens is 689 g/mol. The number of cyclic esters (lactones) is 1. The lowest BCUT2D eigenvalue weighted by atomic mass is 9.66. The second-order valence-electron chi connectivity index (χ2n) is 14.0. The van der Waals surface area contributed by atoms with Crippen LogP contribution in [0.3, 0.4) is 0 Å². The average Bonchev–Trinajstić information content (AvgIpc) is 3.81. The van der Waals surface area contributed by atoms with E-state index in [-0.39, 0.29) is 30.6 Å². The largest absolute Gasteiger partial charge is 0.493 e. The van der Waals surface area contributed by atoms with Crippen molar-refractivity contribution in [3.05, 3.63) is 71.0 Å². The third-order valence-corrected chi connectivity index (χ3v) is 11.1.